The van der Waals surface area contributed by atoms with Crippen molar-refractivity contribution in [1.82, 2.24) is 9.31 Å². The van der Waals surface area contributed by atoms with E-state index in [-0.39, 0.29) is 21.4 Å². The van der Waals surface area contributed by atoms with Gasteiger partial charge in [-0.15, -0.1) is 0 Å². The molecular formula is C30H30ClN3O7S. The van der Waals surface area contributed by atoms with Crippen LogP contribution in [0.2, 0.25) is 5.02 Å². The van der Waals surface area contributed by atoms with E-state index in [4.69, 9.17) is 30.3 Å². The lowest BCUT2D eigenvalue weighted by atomic mass is 9.79. The van der Waals surface area contributed by atoms with Gasteiger partial charge in [0.15, 0.2) is 6.61 Å². The van der Waals surface area contributed by atoms with Crippen molar-refractivity contribution < 1.29 is 31.6 Å². The van der Waals surface area contributed by atoms with Gasteiger partial charge in [-0.3, -0.25) is 4.79 Å². The maximum absolute atomic E-state index is 13.5. The summed E-state index contributed by atoms with van der Waals surface area (Å²) in [5, 5.41) is 6.06. The minimum absolute atomic E-state index is 0.0265. The molecule has 2 aliphatic heterocycles. The summed E-state index contributed by atoms with van der Waals surface area (Å²) in [5.74, 6) is -0.269. The molecule has 2 fully saturated rings. The number of hydrogen-bond acceptors (Lipinski definition) is 8. The Kier molecular flexibility index (Phi) is 8.06. The number of sulfonamides is 1. The molecule has 12 heteroatoms. The van der Waals surface area contributed by atoms with Gasteiger partial charge < -0.3 is 13.6 Å². The van der Waals surface area contributed by atoms with Gasteiger partial charge in [0, 0.05) is 19.0 Å². The highest BCUT2D eigenvalue weighted by Gasteiger charge is 2.45. The minimum Gasteiger partial charge on any atom is -0.467 e. The molecule has 1 amide bonds. The van der Waals surface area contributed by atoms with Crippen LogP contribution in [0.5, 0.6) is 0 Å². The predicted molar refractivity (Wildman–Crippen MR) is 154 cm³/mol. The lowest BCUT2D eigenvalue weighted by Crippen LogP contribution is -2.35. The van der Waals surface area contributed by atoms with E-state index in [2.05, 4.69) is 0 Å². The molecule has 1 saturated carbocycles. The van der Waals surface area contributed by atoms with Crippen LogP contribution in [0.25, 0.3) is 6.08 Å². The zero-order chi connectivity index (χ0) is 29.3. The number of benzene rings is 1. The monoisotopic (exact) mass is 611 g/mol. The Morgan fingerprint density at radius 3 is 2.57 bits per heavy atom. The summed E-state index contributed by atoms with van der Waals surface area (Å²) in [6.45, 7) is 0.234. The van der Waals surface area contributed by atoms with Crippen LogP contribution >= 0.6 is 11.6 Å². The van der Waals surface area contributed by atoms with Gasteiger partial charge in [0.1, 0.15) is 17.6 Å². The number of esters is 1. The van der Waals surface area contributed by atoms with Crippen molar-refractivity contribution in [1.29, 1.82) is 0 Å². The molecule has 3 aliphatic rings. The number of piperidine rings is 1. The fourth-order valence-corrected chi connectivity index (χ4v) is 7.58. The number of ether oxygens (including phenoxy) is 1. The summed E-state index contributed by atoms with van der Waals surface area (Å²) < 4.78 is 44.3. The highest BCUT2D eigenvalue weighted by Crippen LogP contribution is 2.44. The Bertz CT molecular complexity index is 1620. The SMILES string of the molecule is O=C(OCC(=O)N1N=C2C(=Cc3ccco3)CCCC2C1c1ccco1)c1cc(S(=O)(=O)N2CCCCC2)ccc1Cl. The van der Waals surface area contributed by atoms with Crippen molar-refractivity contribution >= 4 is 45.3 Å². The zero-order valence-corrected chi connectivity index (χ0v) is 24.4. The maximum atomic E-state index is 13.5. The van der Waals surface area contributed by atoms with Crippen LogP contribution in [0.1, 0.15) is 66.4 Å². The molecule has 0 bridgehead atoms. The Morgan fingerprint density at radius 1 is 1.05 bits per heavy atom. The van der Waals surface area contributed by atoms with Crippen LogP contribution in [0, 0.1) is 5.92 Å². The molecule has 220 valence electrons. The van der Waals surface area contributed by atoms with Gasteiger partial charge in [0.25, 0.3) is 5.91 Å². The van der Waals surface area contributed by atoms with E-state index in [9.17, 15) is 18.0 Å². The highest BCUT2D eigenvalue weighted by atomic mass is 35.5. The molecule has 2 unspecified atom stereocenters. The van der Waals surface area contributed by atoms with E-state index in [1.54, 1.807) is 24.7 Å². The fraction of sp³-hybridized carbons (Fsp3) is 0.367. The Labute approximate surface area is 248 Å². The van der Waals surface area contributed by atoms with Crippen molar-refractivity contribution in [2.75, 3.05) is 19.7 Å². The third kappa shape index (κ3) is 5.56. The average Bonchev–Trinajstić information content (AvgIpc) is 3.78. The molecule has 1 aliphatic carbocycles. The molecule has 1 aromatic carbocycles. The summed E-state index contributed by atoms with van der Waals surface area (Å²) in [6.07, 6.45) is 10.1. The van der Waals surface area contributed by atoms with Gasteiger partial charge in [0.2, 0.25) is 10.0 Å². The topological polar surface area (TPSA) is 123 Å². The molecule has 4 heterocycles. The van der Waals surface area contributed by atoms with E-state index in [1.807, 2.05) is 18.2 Å². The van der Waals surface area contributed by atoms with Gasteiger partial charge in [-0.1, -0.05) is 18.0 Å². The summed E-state index contributed by atoms with van der Waals surface area (Å²) in [7, 11) is -3.80. The van der Waals surface area contributed by atoms with Crippen molar-refractivity contribution in [3.05, 3.63) is 82.7 Å². The van der Waals surface area contributed by atoms with E-state index in [0.29, 0.717) is 24.6 Å². The number of hydrazone groups is 1. The van der Waals surface area contributed by atoms with Crippen LogP contribution < -0.4 is 0 Å². The lowest BCUT2D eigenvalue weighted by molar-refractivity contribution is -0.137. The van der Waals surface area contributed by atoms with E-state index in [0.717, 1.165) is 49.8 Å². The molecule has 6 rings (SSSR count). The number of hydrogen-bond donors (Lipinski definition) is 0. The van der Waals surface area contributed by atoms with Gasteiger partial charge in [-0.05, 0) is 86.2 Å². The first-order valence-electron chi connectivity index (χ1n) is 14.0. The Balaban J connectivity index is 1.22. The summed E-state index contributed by atoms with van der Waals surface area (Å²) in [5.41, 5.74) is 1.62. The minimum atomic E-state index is -3.80. The Morgan fingerprint density at radius 2 is 1.83 bits per heavy atom. The standard InChI is InChI=1S/C30H30ClN3O7S/c31-25-12-11-22(42(37,38)33-13-2-1-3-14-33)18-24(25)30(36)41-19-27(35)34-29(26-10-6-16-40-26)23-9-4-7-20(28(23)32-34)17-21-8-5-15-39-21/h5-6,8,10-12,15-18,23,29H,1-4,7,9,13-14,19H2. The summed E-state index contributed by atoms with van der Waals surface area (Å²) in [4.78, 5) is 26.5. The molecule has 3 aromatic rings. The maximum Gasteiger partial charge on any atom is 0.340 e. The van der Waals surface area contributed by atoms with Crippen LogP contribution in [-0.4, -0.2) is 55.0 Å². The average molecular weight is 612 g/mol. The second-order valence-electron chi connectivity index (χ2n) is 10.6. The van der Waals surface area contributed by atoms with Crippen molar-refractivity contribution in [3.63, 3.8) is 0 Å². The normalized spacial score (nSPS) is 22.2. The van der Waals surface area contributed by atoms with Crippen molar-refractivity contribution in [2.45, 2.75) is 49.5 Å². The first-order valence-corrected chi connectivity index (χ1v) is 15.8. The number of nitrogens with zero attached hydrogens (tertiary/aromatic N) is 3. The van der Waals surface area contributed by atoms with E-state index >= 15 is 0 Å². The van der Waals surface area contributed by atoms with Gasteiger partial charge in [0.05, 0.1) is 33.7 Å². The first kappa shape index (κ1) is 28.4. The number of furan rings is 2. The van der Waals surface area contributed by atoms with Crippen LogP contribution in [0.15, 0.2) is 79.4 Å². The molecule has 0 spiro atoms. The third-order valence-electron chi connectivity index (χ3n) is 7.89. The van der Waals surface area contributed by atoms with Crippen LogP contribution in [0.3, 0.4) is 0 Å². The molecular weight excluding hydrogens is 582 g/mol. The van der Waals surface area contributed by atoms with Crippen LogP contribution in [0.4, 0.5) is 0 Å². The third-order valence-corrected chi connectivity index (χ3v) is 10.1. The fourth-order valence-electron chi connectivity index (χ4n) is 5.84. The first-order chi connectivity index (χ1) is 20.3. The van der Waals surface area contributed by atoms with E-state index < -0.39 is 34.5 Å². The van der Waals surface area contributed by atoms with Gasteiger partial charge in [-0.2, -0.15) is 9.41 Å². The predicted octanol–water partition coefficient (Wildman–Crippen LogP) is 5.68. The number of amides is 1. The quantitative estimate of drug-likeness (QED) is 0.315. The molecule has 42 heavy (non-hydrogen) atoms. The van der Waals surface area contributed by atoms with Gasteiger partial charge >= 0.3 is 5.97 Å². The number of carbonyl (C=O) groups is 2. The number of allylic oxidation sites excluding steroid dienone is 1. The van der Waals surface area contributed by atoms with E-state index in [1.165, 1.54) is 27.5 Å². The lowest BCUT2D eigenvalue weighted by Gasteiger charge is -2.27. The molecule has 1 saturated heterocycles. The number of fused-ring (bicyclic) bond motifs is 1. The van der Waals surface area contributed by atoms with Gasteiger partial charge in [-0.25, -0.2) is 18.2 Å². The molecule has 0 N–H and O–H groups in total. The molecule has 2 aromatic heterocycles. The zero-order valence-electron chi connectivity index (χ0n) is 22.8. The second-order valence-corrected chi connectivity index (χ2v) is 12.9. The smallest absolute Gasteiger partial charge is 0.340 e. The molecule has 10 nitrogen and oxygen atoms in total. The van der Waals surface area contributed by atoms with Crippen LogP contribution in [-0.2, 0) is 19.6 Å². The summed E-state index contributed by atoms with van der Waals surface area (Å²) >= 11 is 6.26. The number of rotatable bonds is 7. The molecule has 2 atom stereocenters. The number of carbonyl (C=O) groups excluding carboxylic acids is 2. The van der Waals surface area contributed by atoms with Crippen molar-refractivity contribution in [2.24, 2.45) is 11.0 Å². The Hall–Kier alpha value is -3.67. The molecule has 0 radical (unpaired) electrons. The second kappa shape index (κ2) is 11.9. The van der Waals surface area contributed by atoms with Crippen molar-refractivity contribution in [3.8, 4) is 0 Å². The number of halogens is 1. The largest absolute Gasteiger partial charge is 0.467 e. The summed E-state index contributed by atoms with van der Waals surface area (Å²) in [6, 6.07) is 10.7. The highest BCUT2D eigenvalue weighted by molar-refractivity contribution is 7.89.